The third kappa shape index (κ3) is 4.25. The minimum absolute atomic E-state index is 0.0988. The lowest BCUT2D eigenvalue weighted by Crippen LogP contribution is -2.33. The van der Waals surface area contributed by atoms with E-state index in [0.717, 1.165) is 12.0 Å². The van der Waals surface area contributed by atoms with Gasteiger partial charge >= 0.3 is 0 Å². The fraction of sp³-hybridized carbons (Fsp3) is 0.412. The number of thioether (sulfide) groups is 1. The highest BCUT2D eigenvalue weighted by Crippen LogP contribution is 2.25. The van der Waals surface area contributed by atoms with Crippen molar-refractivity contribution in [2.24, 2.45) is 0 Å². The minimum atomic E-state index is -0.188. The van der Waals surface area contributed by atoms with Gasteiger partial charge in [-0.3, -0.25) is 19.1 Å². The van der Waals surface area contributed by atoms with Crippen LogP contribution in [0.4, 0.5) is 0 Å². The Balaban J connectivity index is 1.76. The zero-order valence-corrected chi connectivity index (χ0v) is 15.9. The van der Waals surface area contributed by atoms with E-state index in [9.17, 15) is 9.59 Å². The smallest absolute Gasteiger partial charge is 0.239 e. The van der Waals surface area contributed by atoms with E-state index in [1.807, 2.05) is 16.7 Å². The Morgan fingerprint density at radius 3 is 2.73 bits per heavy atom. The molecule has 7 nitrogen and oxygen atoms in total. The van der Waals surface area contributed by atoms with Crippen LogP contribution in [0.2, 0.25) is 5.02 Å². The number of carbonyl (C=O) groups excluding carboxylic acids is 2. The predicted molar refractivity (Wildman–Crippen MR) is 99.0 cm³/mol. The fourth-order valence-corrected chi connectivity index (χ4v) is 3.67. The molecular formula is C17H19ClN4O3S. The van der Waals surface area contributed by atoms with E-state index < -0.39 is 0 Å². The molecule has 1 aromatic heterocycles. The van der Waals surface area contributed by atoms with E-state index in [4.69, 9.17) is 16.3 Å². The first-order valence-electron chi connectivity index (χ1n) is 8.24. The third-order valence-corrected chi connectivity index (χ3v) is 5.24. The summed E-state index contributed by atoms with van der Waals surface area (Å²) in [7, 11) is 1.63. The zero-order chi connectivity index (χ0) is 18.5. The van der Waals surface area contributed by atoms with Gasteiger partial charge in [-0.25, -0.2) is 0 Å². The van der Waals surface area contributed by atoms with Gasteiger partial charge in [-0.2, -0.15) is 0 Å². The molecule has 138 valence electrons. The molecule has 1 aliphatic heterocycles. The van der Waals surface area contributed by atoms with E-state index in [2.05, 4.69) is 10.2 Å². The van der Waals surface area contributed by atoms with Crippen molar-refractivity contribution in [3.63, 3.8) is 0 Å². The van der Waals surface area contributed by atoms with Crippen LogP contribution in [0, 0.1) is 0 Å². The first kappa shape index (κ1) is 18.9. The number of methoxy groups -OCH3 is 1. The number of halogens is 1. The molecule has 0 bridgehead atoms. The zero-order valence-electron chi connectivity index (χ0n) is 14.4. The van der Waals surface area contributed by atoms with Crippen LogP contribution in [-0.4, -0.2) is 57.5 Å². The van der Waals surface area contributed by atoms with Crippen molar-refractivity contribution in [1.29, 1.82) is 0 Å². The van der Waals surface area contributed by atoms with E-state index in [1.165, 1.54) is 16.7 Å². The molecular weight excluding hydrogens is 376 g/mol. The Bertz CT molecular complexity index is 794. The van der Waals surface area contributed by atoms with Gasteiger partial charge in [-0.1, -0.05) is 23.4 Å². The number of carbonyl (C=O) groups is 2. The highest BCUT2D eigenvalue weighted by Gasteiger charge is 2.26. The summed E-state index contributed by atoms with van der Waals surface area (Å²) in [4.78, 5) is 25.3. The maximum absolute atomic E-state index is 12.3. The van der Waals surface area contributed by atoms with Gasteiger partial charge in [0.05, 0.1) is 18.9 Å². The predicted octanol–water partition coefficient (Wildman–Crippen LogP) is 2.49. The highest BCUT2D eigenvalue weighted by atomic mass is 35.5. The van der Waals surface area contributed by atoms with Gasteiger partial charge in [0.2, 0.25) is 11.8 Å². The number of nitrogens with zero attached hydrogens (tertiary/aromatic N) is 4. The third-order valence-electron chi connectivity index (χ3n) is 4.04. The Labute approximate surface area is 160 Å². The van der Waals surface area contributed by atoms with E-state index in [1.54, 1.807) is 19.2 Å². The number of rotatable bonds is 7. The van der Waals surface area contributed by atoms with Gasteiger partial charge in [0.15, 0.2) is 11.0 Å². The SMILES string of the molecule is COCCn1c(SCC(=O)N2CCCC2=O)nnc1-c1ccc(Cl)cc1. The van der Waals surface area contributed by atoms with Crippen molar-refractivity contribution < 1.29 is 14.3 Å². The summed E-state index contributed by atoms with van der Waals surface area (Å²) in [5.41, 5.74) is 0.880. The lowest BCUT2D eigenvalue weighted by atomic mass is 10.2. The van der Waals surface area contributed by atoms with Gasteiger partial charge in [0.1, 0.15) is 0 Å². The number of imide groups is 1. The summed E-state index contributed by atoms with van der Waals surface area (Å²) < 4.78 is 7.09. The van der Waals surface area contributed by atoms with Crippen LogP contribution in [0.15, 0.2) is 29.4 Å². The molecule has 1 aliphatic rings. The number of ether oxygens (including phenoxy) is 1. The molecule has 0 atom stereocenters. The number of amides is 2. The number of hydrogen-bond acceptors (Lipinski definition) is 6. The lowest BCUT2D eigenvalue weighted by molar-refractivity contribution is -0.140. The van der Waals surface area contributed by atoms with Gasteiger partial charge in [-0.15, -0.1) is 10.2 Å². The number of hydrogen-bond donors (Lipinski definition) is 0. The summed E-state index contributed by atoms with van der Waals surface area (Å²) in [5, 5.41) is 9.74. The minimum Gasteiger partial charge on any atom is -0.383 e. The average Bonchev–Trinajstić information content (AvgIpc) is 3.24. The summed E-state index contributed by atoms with van der Waals surface area (Å²) >= 11 is 7.23. The Kier molecular flexibility index (Phi) is 6.29. The molecule has 9 heteroatoms. The Hall–Kier alpha value is -1.90. The summed E-state index contributed by atoms with van der Waals surface area (Å²) in [5.74, 6) is 0.549. The molecule has 0 N–H and O–H groups in total. The molecule has 0 unspecified atom stereocenters. The first-order valence-corrected chi connectivity index (χ1v) is 9.60. The largest absolute Gasteiger partial charge is 0.383 e. The molecule has 0 saturated carbocycles. The standard InChI is InChI=1S/C17H19ClN4O3S/c1-25-10-9-22-16(12-4-6-13(18)7-5-12)19-20-17(22)26-11-15(24)21-8-2-3-14(21)23/h4-7H,2-3,8-11H2,1H3. The molecule has 0 radical (unpaired) electrons. The van der Waals surface area contributed by atoms with Crippen LogP contribution in [0.5, 0.6) is 0 Å². The molecule has 26 heavy (non-hydrogen) atoms. The maximum Gasteiger partial charge on any atom is 0.239 e. The fourth-order valence-electron chi connectivity index (χ4n) is 2.71. The molecule has 2 heterocycles. The molecule has 0 aliphatic carbocycles. The Morgan fingerprint density at radius 1 is 1.31 bits per heavy atom. The van der Waals surface area contributed by atoms with Crippen LogP contribution in [0.3, 0.4) is 0 Å². The maximum atomic E-state index is 12.3. The second-order valence-corrected chi connectivity index (χ2v) is 7.17. The van der Waals surface area contributed by atoms with Crippen LogP contribution in [-0.2, 0) is 20.9 Å². The lowest BCUT2D eigenvalue weighted by Gasteiger charge is -2.13. The molecule has 1 aromatic carbocycles. The second-order valence-electron chi connectivity index (χ2n) is 5.79. The van der Waals surface area contributed by atoms with Crippen molar-refractivity contribution in [3.05, 3.63) is 29.3 Å². The summed E-state index contributed by atoms with van der Waals surface area (Å²) in [6.07, 6.45) is 1.18. The van der Waals surface area contributed by atoms with Gasteiger partial charge < -0.3 is 4.74 Å². The van der Waals surface area contributed by atoms with Crippen LogP contribution in [0.1, 0.15) is 12.8 Å². The van der Waals surface area contributed by atoms with Crippen LogP contribution < -0.4 is 0 Å². The normalized spacial score (nSPS) is 14.2. The summed E-state index contributed by atoms with van der Waals surface area (Å²) in [6.45, 7) is 1.55. The molecule has 1 saturated heterocycles. The van der Waals surface area contributed by atoms with E-state index in [0.29, 0.717) is 42.1 Å². The molecule has 3 rings (SSSR count). The topological polar surface area (TPSA) is 77.3 Å². The Morgan fingerprint density at radius 2 is 2.08 bits per heavy atom. The van der Waals surface area contributed by atoms with Gasteiger partial charge in [-0.05, 0) is 30.7 Å². The summed E-state index contributed by atoms with van der Waals surface area (Å²) in [6, 6.07) is 7.33. The highest BCUT2D eigenvalue weighted by molar-refractivity contribution is 7.99. The number of likely N-dealkylation sites (tertiary alicyclic amines) is 1. The first-order chi connectivity index (χ1) is 12.6. The molecule has 0 spiro atoms. The molecule has 2 aromatic rings. The van der Waals surface area contributed by atoms with Crippen LogP contribution in [0.25, 0.3) is 11.4 Å². The van der Waals surface area contributed by atoms with Crippen molar-refractivity contribution in [2.75, 3.05) is 26.0 Å². The molecule has 1 fully saturated rings. The quantitative estimate of drug-likeness (QED) is 0.671. The average molecular weight is 395 g/mol. The van der Waals surface area contributed by atoms with Crippen molar-refractivity contribution >= 4 is 35.2 Å². The number of benzene rings is 1. The van der Waals surface area contributed by atoms with E-state index >= 15 is 0 Å². The molecule has 2 amide bonds. The monoisotopic (exact) mass is 394 g/mol. The second kappa shape index (κ2) is 8.66. The van der Waals surface area contributed by atoms with E-state index in [-0.39, 0.29) is 17.6 Å². The van der Waals surface area contributed by atoms with Crippen molar-refractivity contribution in [1.82, 2.24) is 19.7 Å². The van der Waals surface area contributed by atoms with Gasteiger partial charge in [0.25, 0.3) is 0 Å². The van der Waals surface area contributed by atoms with Crippen molar-refractivity contribution in [2.45, 2.75) is 24.5 Å². The number of aromatic nitrogens is 3. The van der Waals surface area contributed by atoms with Gasteiger partial charge in [0, 0.05) is 30.7 Å². The van der Waals surface area contributed by atoms with Crippen LogP contribution >= 0.6 is 23.4 Å². The van der Waals surface area contributed by atoms with Crippen molar-refractivity contribution in [3.8, 4) is 11.4 Å².